The van der Waals surface area contributed by atoms with E-state index in [1.54, 1.807) is 20.8 Å². The van der Waals surface area contributed by atoms with Gasteiger partial charge in [-0.3, -0.25) is 10.1 Å². The van der Waals surface area contributed by atoms with E-state index < -0.39 is 23.0 Å². The molecule has 0 aliphatic carbocycles. The molecule has 1 atom stereocenters. The van der Waals surface area contributed by atoms with Crippen LogP contribution in [0.4, 0.5) is 10.5 Å². The third-order valence-electron chi connectivity index (χ3n) is 4.34. The monoisotopic (exact) mass is 421 g/mol. The topological polar surface area (TPSA) is 129 Å². The molecular formula is C20H27N3O7. The molecule has 1 heterocycles. The number of nitro benzene ring substituents is 1. The molecular weight excluding hydrogens is 394 g/mol. The Bertz CT molecular complexity index is 877. The number of methoxy groups -OCH3 is 1. The van der Waals surface area contributed by atoms with E-state index in [1.807, 2.05) is 13.8 Å². The first-order chi connectivity index (χ1) is 14.1. The van der Waals surface area contributed by atoms with Gasteiger partial charge in [-0.15, -0.1) is 0 Å². The fraction of sp³-hybridized carbons (Fsp3) is 0.500. The number of hydrogen-bond donors (Lipinski definition) is 2. The highest BCUT2D eigenvalue weighted by Crippen LogP contribution is 2.42. The standard InChI is InChI=1S/C20H27N3O7/c1-7-29-18-13(23(26)27)8-12(9-14(18)28-6)17-15(19(24)30-11(4)5)16(10(2)3)21-20(25)22-17/h8-11,17H,7H2,1-6H3,(H2,21,22,25). The Morgan fingerprint density at radius 1 is 1.27 bits per heavy atom. The van der Waals surface area contributed by atoms with Crippen LogP contribution in [-0.4, -0.2) is 36.7 Å². The van der Waals surface area contributed by atoms with Crippen molar-refractivity contribution >= 4 is 17.7 Å². The Morgan fingerprint density at radius 3 is 2.43 bits per heavy atom. The van der Waals surface area contributed by atoms with Gasteiger partial charge in [-0.05, 0) is 38.3 Å². The summed E-state index contributed by atoms with van der Waals surface area (Å²) in [5.41, 5.74) is 0.538. The lowest BCUT2D eigenvalue weighted by molar-refractivity contribution is -0.386. The summed E-state index contributed by atoms with van der Waals surface area (Å²) < 4.78 is 16.1. The number of carbonyl (C=O) groups excluding carboxylic acids is 2. The van der Waals surface area contributed by atoms with Crippen LogP contribution in [0.1, 0.15) is 46.2 Å². The first-order valence-electron chi connectivity index (χ1n) is 9.62. The summed E-state index contributed by atoms with van der Waals surface area (Å²) in [4.78, 5) is 36.3. The maximum absolute atomic E-state index is 12.9. The number of nitrogens with zero attached hydrogens (tertiary/aromatic N) is 1. The molecule has 1 aliphatic rings. The van der Waals surface area contributed by atoms with Crippen LogP contribution in [0.2, 0.25) is 0 Å². The van der Waals surface area contributed by atoms with Crippen molar-refractivity contribution in [2.24, 2.45) is 5.92 Å². The van der Waals surface area contributed by atoms with Gasteiger partial charge in [0, 0.05) is 11.8 Å². The Balaban J connectivity index is 2.73. The van der Waals surface area contributed by atoms with E-state index in [4.69, 9.17) is 14.2 Å². The lowest BCUT2D eigenvalue weighted by Gasteiger charge is -2.31. The van der Waals surface area contributed by atoms with Crippen LogP contribution in [0.15, 0.2) is 23.4 Å². The van der Waals surface area contributed by atoms with E-state index >= 15 is 0 Å². The number of nitrogens with one attached hydrogen (secondary N) is 2. The van der Waals surface area contributed by atoms with Gasteiger partial charge in [0.25, 0.3) is 0 Å². The zero-order chi connectivity index (χ0) is 22.6. The molecule has 0 saturated heterocycles. The molecule has 2 amide bonds. The Hall–Kier alpha value is -3.30. The summed E-state index contributed by atoms with van der Waals surface area (Å²) in [6.45, 7) is 8.96. The van der Waals surface area contributed by atoms with Crippen LogP contribution >= 0.6 is 0 Å². The van der Waals surface area contributed by atoms with Gasteiger partial charge in [0.2, 0.25) is 5.75 Å². The van der Waals surface area contributed by atoms with Gasteiger partial charge in [0.15, 0.2) is 5.75 Å². The van der Waals surface area contributed by atoms with Gasteiger partial charge in [0.05, 0.1) is 36.4 Å². The second-order valence-corrected chi connectivity index (χ2v) is 7.23. The zero-order valence-corrected chi connectivity index (χ0v) is 17.9. The molecule has 1 aliphatic heterocycles. The largest absolute Gasteiger partial charge is 0.493 e. The average Bonchev–Trinajstić information content (AvgIpc) is 2.66. The molecule has 30 heavy (non-hydrogen) atoms. The predicted octanol–water partition coefficient (Wildman–Crippen LogP) is 3.22. The normalized spacial score (nSPS) is 16.3. The van der Waals surface area contributed by atoms with E-state index in [0.717, 1.165) is 0 Å². The highest BCUT2D eigenvalue weighted by Gasteiger charge is 2.37. The molecule has 10 nitrogen and oxygen atoms in total. The number of rotatable bonds is 8. The zero-order valence-electron chi connectivity index (χ0n) is 17.9. The molecule has 1 aromatic rings. The van der Waals surface area contributed by atoms with Crippen molar-refractivity contribution in [3.8, 4) is 11.5 Å². The molecule has 2 N–H and O–H groups in total. The van der Waals surface area contributed by atoms with Crippen molar-refractivity contribution in [2.75, 3.05) is 13.7 Å². The van der Waals surface area contributed by atoms with Crippen molar-refractivity contribution in [3.63, 3.8) is 0 Å². The van der Waals surface area contributed by atoms with Gasteiger partial charge < -0.3 is 24.8 Å². The fourth-order valence-electron chi connectivity index (χ4n) is 3.15. The number of carbonyl (C=O) groups is 2. The van der Waals surface area contributed by atoms with Crippen molar-refractivity contribution in [1.82, 2.24) is 10.6 Å². The van der Waals surface area contributed by atoms with Crippen molar-refractivity contribution in [2.45, 2.75) is 46.8 Å². The quantitative estimate of drug-likeness (QED) is 0.374. The summed E-state index contributed by atoms with van der Waals surface area (Å²) in [7, 11) is 1.36. The first kappa shape index (κ1) is 23.0. The Kier molecular flexibility index (Phi) is 7.25. The molecule has 0 fully saturated rings. The third-order valence-corrected chi connectivity index (χ3v) is 4.34. The molecule has 0 saturated carbocycles. The van der Waals surface area contributed by atoms with Gasteiger partial charge in [-0.2, -0.15) is 0 Å². The minimum absolute atomic E-state index is 0.0200. The number of benzene rings is 1. The minimum atomic E-state index is -0.967. The number of esters is 1. The SMILES string of the molecule is CCOc1c(OC)cc(C2NC(=O)NC(C(C)C)=C2C(=O)OC(C)C)cc1[N+](=O)[O-]. The molecule has 2 rings (SSSR count). The highest BCUT2D eigenvalue weighted by atomic mass is 16.6. The summed E-state index contributed by atoms with van der Waals surface area (Å²) in [5.74, 6) is -0.723. The Morgan fingerprint density at radius 2 is 1.93 bits per heavy atom. The van der Waals surface area contributed by atoms with Crippen LogP contribution in [0, 0.1) is 16.0 Å². The molecule has 0 spiro atoms. The van der Waals surface area contributed by atoms with E-state index in [1.165, 1.54) is 19.2 Å². The van der Waals surface area contributed by atoms with E-state index in [2.05, 4.69) is 10.6 Å². The maximum atomic E-state index is 12.9. The van der Waals surface area contributed by atoms with Crippen LogP contribution in [0.25, 0.3) is 0 Å². The molecule has 1 aromatic carbocycles. The minimum Gasteiger partial charge on any atom is -0.493 e. The fourth-order valence-corrected chi connectivity index (χ4v) is 3.15. The lowest BCUT2D eigenvalue weighted by Crippen LogP contribution is -2.47. The van der Waals surface area contributed by atoms with Crippen LogP contribution in [-0.2, 0) is 9.53 Å². The number of hydrogen-bond acceptors (Lipinski definition) is 7. The molecule has 0 bridgehead atoms. The summed E-state index contributed by atoms with van der Waals surface area (Å²) in [5, 5.41) is 17.0. The van der Waals surface area contributed by atoms with Crippen molar-refractivity contribution < 1.29 is 28.7 Å². The highest BCUT2D eigenvalue weighted by molar-refractivity contribution is 5.95. The second kappa shape index (κ2) is 9.47. The lowest BCUT2D eigenvalue weighted by atomic mass is 9.91. The summed E-state index contributed by atoms with van der Waals surface area (Å²) >= 11 is 0. The average molecular weight is 421 g/mol. The van der Waals surface area contributed by atoms with E-state index in [-0.39, 0.29) is 41.4 Å². The molecule has 164 valence electrons. The van der Waals surface area contributed by atoms with Gasteiger partial charge >= 0.3 is 17.7 Å². The first-order valence-corrected chi connectivity index (χ1v) is 9.62. The number of urea groups is 1. The maximum Gasteiger partial charge on any atom is 0.338 e. The van der Waals surface area contributed by atoms with Crippen molar-refractivity contribution in [3.05, 3.63) is 39.1 Å². The van der Waals surface area contributed by atoms with Gasteiger partial charge in [-0.1, -0.05) is 13.8 Å². The number of ether oxygens (including phenoxy) is 3. The van der Waals surface area contributed by atoms with Gasteiger partial charge in [0.1, 0.15) is 0 Å². The van der Waals surface area contributed by atoms with Crippen LogP contribution in [0.3, 0.4) is 0 Å². The molecule has 0 aromatic heterocycles. The van der Waals surface area contributed by atoms with Crippen molar-refractivity contribution in [1.29, 1.82) is 0 Å². The molecule has 10 heteroatoms. The van der Waals surface area contributed by atoms with Gasteiger partial charge in [-0.25, -0.2) is 9.59 Å². The third kappa shape index (κ3) is 4.81. The predicted molar refractivity (Wildman–Crippen MR) is 108 cm³/mol. The summed E-state index contributed by atoms with van der Waals surface area (Å²) in [6.07, 6.45) is -0.388. The number of nitro groups is 1. The smallest absolute Gasteiger partial charge is 0.338 e. The molecule has 0 radical (unpaired) electrons. The Labute approximate surface area is 174 Å². The van der Waals surface area contributed by atoms with Crippen LogP contribution < -0.4 is 20.1 Å². The number of amides is 2. The number of allylic oxidation sites excluding steroid dienone is 1. The second-order valence-electron chi connectivity index (χ2n) is 7.23. The van der Waals surface area contributed by atoms with Crippen LogP contribution in [0.5, 0.6) is 11.5 Å². The molecule has 1 unspecified atom stereocenters. The van der Waals surface area contributed by atoms with E-state index in [9.17, 15) is 19.7 Å². The van der Waals surface area contributed by atoms with E-state index in [0.29, 0.717) is 11.3 Å². The summed E-state index contributed by atoms with van der Waals surface area (Å²) in [6, 6.07) is 1.28.